The third-order valence-corrected chi connectivity index (χ3v) is 4.20. The molecule has 3 nitrogen and oxygen atoms in total. The fourth-order valence-corrected chi connectivity index (χ4v) is 3.23. The Morgan fingerprint density at radius 2 is 2.11 bits per heavy atom. The summed E-state index contributed by atoms with van der Waals surface area (Å²) in [4.78, 5) is 2.56. The van der Waals surface area contributed by atoms with Crippen LogP contribution < -0.4 is 10.1 Å². The molecule has 1 atom stereocenters. The van der Waals surface area contributed by atoms with E-state index in [9.17, 15) is 0 Å². The van der Waals surface area contributed by atoms with E-state index in [4.69, 9.17) is 4.74 Å². The number of methoxy groups -OCH3 is 1. The molecule has 0 aliphatic carbocycles. The summed E-state index contributed by atoms with van der Waals surface area (Å²) in [6.07, 6.45) is 1.12. The van der Waals surface area contributed by atoms with E-state index in [2.05, 4.69) is 45.2 Å². The predicted octanol–water partition coefficient (Wildman–Crippen LogP) is 2.54. The summed E-state index contributed by atoms with van der Waals surface area (Å²) in [5.41, 5.74) is 1.37. The number of ether oxygens (including phenoxy) is 1. The number of halogens is 1. The van der Waals surface area contributed by atoms with Gasteiger partial charge in [0.15, 0.2) is 0 Å². The summed E-state index contributed by atoms with van der Waals surface area (Å²) in [6.45, 7) is 8.13. The van der Waals surface area contributed by atoms with Gasteiger partial charge in [-0.25, -0.2) is 0 Å². The molecule has 1 unspecified atom stereocenters. The highest BCUT2D eigenvalue weighted by Gasteiger charge is 2.13. The molecule has 0 radical (unpaired) electrons. The first-order chi connectivity index (χ1) is 9.19. The van der Waals surface area contributed by atoms with Crippen LogP contribution in [0, 0.1) is 5.92 Å². The van der Waals surface area contributed by atoms with Gasteiger partial charge in [0.05, 0.1) is 11.6 Å². The van der Waals surface area contributed by atoms with Crippen molar-refractivity contribution in [3.05, 3.63) is 28.2 Å². The van der Waals surface area contributed by atoms with E-state index < -0.39 is 0 Å². The number of nitrogens with zero attached hydrogens (tertiary/aromatic N) is 1. The van der Waals surface area contributed by atoms with Gasteiger partial charge in [-0.2, -0.15) is 0 Å². The summed E-state index contributed by atoms with van der Waals surface area (Å²) in [5.74, 6) is 1.58. The molecular formula is C15H23BrN2O. The molecule has 1 fully saturated rings. The van der Waals surface area contributed by atoms with Gasteiger partial charge in [0.2, 0.25) is 0 Å². The van der Waals surface area contributed by atoms with E-state index >= 15 is 0 Å². The van der Waals surface area contributed by atoms with Crippen LogP contribution >= 0.6 is 15.9 Å². The second kappa shape index (κ2) is 7.27. The molecule has 0 aromatic heterocycles. The van der Waals surface area contributed by atoms with Crippen molar-refractivity contribution >= 4 is 15.9 Å². The molecule has 1 aliphatic heterocycles. The van der Waals surface area contributed by atoms with Crippen LogP contribution in [0.1, 0.15) is 12.5 Å². The number of benzene rings is 1. The molecule has 1 heterocycles. The van der Waals surface area contributed by atoms with Crippen LogP contribution in [0.5, 0.6) is 5.75 Å². The zero-order chi connectivity index (χ0) is 13.7. The Balaban J connectivity index is 1.87. The quantitative estimate of drug-likeness (QED) is 0.899. The molecule has 0 spiro atoms. The van der Waals surface area contributed by atoms with Crippen LogP contribution in [-0.2, 0) is 6.42 Å². The minimum absolute atomic E-state index is 0.679. The number of hydrogen-bond donors (Lipinski definition) is 1. The van der Waals surface area contributed by atoms with Crippen molar-refractivity contribution in [2.24, 2.45) is 5.92 Å². The van der Waals surface area contributed by atoms with Gasteiger partial charge in [-0.05, 0) is 46.0 Å². The summed E-state index contributed by atoms with van der Waals surface area (Å²) < 4.78 is 6.31. The average molecular weight is 327 g/mol. The molecular weight excluding hydrogens is 304 g/mol. The Labute approximate surface area is 124 Å². The normalized spacial score (nSPS) is 18.3. The topological polar surface area (TPSA) is 24.5 Å². The van der Waals surface area contributed by atoms with Crippen LogP contribution in [0.3, 0.4) is 0 Å². The second-order valence-electron chi connectivity index (χ2n) is 5.33. The van der Waals surface area contributed by atoms with Gasteiger partial charge in [0, 0.05) is 32.7 Å². The maximum atomic E-state index is 5.26. The van der Waals surface area contributed by atoms with Crippen molar-refractivity contribution in [2.45, 2.75) is 13.3 Å². The minimum atomic E-state index is 0.679. The molecule has 0 saturated carbocycles. The standard InChI is InChI=1S/C15H23BrN2O/c1-12(11-18-7-5-17-6-8-18)9-13-3-4-15(19-2)14(16)10-13/h3-4,10,12,17H,5-9,11H2,1-2H3. The lowest BCUT2D eigenvalue weighted by molar-refractivity contribution is 0.211. The van der Waals surface area contributed by atoms with E-state index in [0.717, 1.165) is 29.7 Å². The van der Waals surface area contributed by atoms with Crippen LogP contribution in [-0.4, -0.2) is 44.7 Å². The first-order valence-electron chi connectivity index (χ1n) is 6.94. The van der Waals surface area contributed by atoms with Crippen molar-refractivity contribution < 1.29 is 4.74 Å². The average Bonchev–Trinajstić information content (AvgIpc) is 2.40. The Bertz CT molecular complexity index is 405. The van der Waals surface area contributed by atoms with Crippen molar-refractivity contribution in [1.29, 1.82) is 0 Å². The first-order valence-corrected chi connectivity index (χ1v) is 7.74. The fourth-order valence-electron chi connectivity index (χ4n) is 2.64. The molecule has 106 valence electrons. The zero-order valence-corrected chi connectivity index (χ0v) is 13.4. The maximum absolute atomic E-state index is 5.26. The van der Waals surface area contributed by atoms with Crippen molar-refractivity contribution in [3.63, 3.8) is 0 Å². The highest BCUT2D eigenvalue weighted by Crippen LogP contribution is 2.26. The third-order valence-electron chi connectivity index (χ3n) is 3.58. The highest BCUT2D eigenvalue weighted by molar-refractivity contribution is 9.10. The van der Waals surface area contributed by atoms with Crippen LogP contribution in [0.15, 0.2) is 22.7 Å². The molecule has 1 saturated heterocycles. The fraction of sp³-hybridized carbons (Fsp3) is 0.600. The molecule has 1 aromatic rings. The van der Waals surface area contributed by atoms with Gasteiger partial charge in [0.1, 0.15) is 5.75 Å². The van der Waals surface area contributed by atoms with Gasteiger partial charge < -0.3 is 15.0 Å². The summed E-state index contributed by atoms with van der Waals surface area (Å²) in [7, 11) is 1.70. The first kappa shape index (κ1) is 14.8. The number of piperazine rings is 1. The molecule has 0 amide bonds. The molecule has 4 heteroatoms. The minimum Gasteiger partial charge on any atom is -0.496 e. The molecule has 1 aliphatic rings. The molecule has 1 N–H and O–H groups in total. The lowest BCUT2D eigenvalue weighted by Gasteiger charge is -2.29. The Kier molecular flexibility index (Phi) is 5.67. The van der Waals surface area contributed by atoms with Crippen LogP contribution in [0.4, 0.5) is 0 Å². The van der Waals surface area contributed by atoms with Crippen molar-refractivity contribution in [2.75, 3.05) is 39.8 Å². The van der Waals surface area contributed by atoms with Crippen molar-refractivity contribution in [1.82, 2.24) is 10.2 Å². The number of rotatable bonds is 5. The molecule has 2 rings (SSSR count). The smallest absolute Gasteiger partial charge is 0.133 e. The second-order valence-corrected chi connectivity index (χ2v) is 6.18. The lowest BCUT2D eigenvalue weighted by Crippen LogP contribution is -2.45. The van der Waals surface area contributed by atoms with Crippen LogP contribution in [0.2, 0.25) is 0 Å². The number of hydrogen-bond acceptors (Lipinski definition) is 3. The van der Waals surface area contributed by atoms with E-state index in [1.165, 1.54) is 25.2 Å². The lowest BCUT2D eigenvalue weighted by atomic mass is 10.0. The Morgan fingerprint density at radius 3 is 2.74 bits per heavy atom. The van der Waals surface area contributed by atoms with E-state index in [1.54, 1.807) is 7.11 Å². The SMILES string of the molecule is COc1ccc(CC(C)CN2CCNCC2)cc1Br. The molecule has 0 bridgehead atoms. The Hall–Kier alpha value is -0.580. The van der Waals surface area contributed by atoms with Crippen LogP contribution in [0.25, 0.3) is 0 Å². The zero-order valence-electron chi connectivity index (χ0n) is 11.8. The summed E-state index contributed by atoms with van der Waals surface area (Å²) in [6, 6.07) is 6.38. The molecule has 1 aromatic carbocycles. The van der Waals surface area contributed by atoms with Gasteiger partial charge in [-0.1, -0.05) is 13.0 Å². The van der Waals surface area contributed by atoms with Gasteiger partial charge in [-0.3, -0.25) is 0 Å². The van der Waals surface area contributed by atoms with Gasteiger partial charge in [-0.15, -0.1) is 0 Å². The summed E-state index contributed by atoms with van der Waals surface area (Å²) >= 11 is 3.55. The van der Waals surface area contributed by atoms with E-state index in [-0.39, 0.29) is 0 Å². The van der Waals surface area contributed by atoms with Gasteiger partial charge >= 0.3 is 0 Å². The summed E-state index contributed by atoms with van der Waals surface area (Å²) in [5, 5.41) is 3.40. The van der Waals surface area contributed by atoms with E-state index in [0.29, 0.717) is 5.92 Å². The third kappa shape index (κ3) is 4.48. The maximum Gasteiger partial charge on any atom is 0.133 e. The van der Waals surface area contributed by atoms with E-state index in [1.807, 2.05) is 6.07 Å². The monoisotopic (exact) mass is 326 g/mol. The van der Waals surface area contributed by atoms with Gasteiger partial charge in [0.25, 0.3) is 0 Å². The largest absolute Gasteiger partial charge is 0.496 e. The Morgan fingerprint density at radius 1 is 1.37 bits per heavy atom. The predicted molar refractivity (Wildman–Crippen MR) is 82.9 cm³/mol. The molecule has 19 heavy (non-hydrogen) atoms. The van der Waals surface area contributed by atoms with Crippen molar-refractivity contribution in [3.8, 4) is 5.75 Å². The highest BCUT2D eigenvalue weighted by atomic mass is 79.9. The number of nitrogens with one attached hydrogen (secondary N) is 1.